The summed E-state index contributed by atoms with van der Waals surface area (Å²) in [4.78, 5) is 26.7. The predicted octanol–water partition coefficient (Wildman–Crippen LogP) is 2.57. The van der Waals surface area contributed by atoms with E-state index < -0.39 is 0 Å². The van der Waals surface area contributed by atoms with Crippen molar-refractivity contribution < 1.29 is 9.32 Å². The number of amides is 1. The molecule has 3 aromatic heterocycles. The van der Waals surface area contributed by atoms with Crippen molar-refractivity contribution in [2.45, 2.75) is 27.2 Å². The van der Waals surface area contributed by atoms with Gasteiger partial charge in [0, 0.05) is 42.0 Å². The van der Waals surface area contributed by atoms with Gasteiger partial charge in [-0.25, -0.2) is 5.43 Å². The molecule has 2 N–H and O–H groups in total. The number of nitrogens with zero attached hydrogens (tertiary/aromatic N) is 5. The summed E-state index contributed by atoms with van der Waals surface area (Å²) in [6.07, 6.45) is 8.94. The molecule has 4 rings (SSSR count). The lowest BCUT2D eigenvalue weighted by atomic mass is 10.00. The van der Waals surface area contributed by atoms with Crippen LogP contribution in [-0.4, -0.2) is 56.3 Å². The first-order chi connectivity index (χ1) is 15.1. The van der Waals surface area contributed by atoms with Gasteiger partial charge in [0.1, 0.15) is 23.4 Å². The maximum atomic E-state index is 12.5. The summed E-state index contributed by atoms with van der Waals surface area (Å²) < 4.78 is 5.12. The van der Waals surface area contributed by atoms with Gasteiger partial charge in [0.25, 0.3) is 5.91 Å². The van der Waals surface area contributed by atoms with Gasteiger partial charge in [-0.3, -0.25) is 14.8 Å². The first-order valence-corrected chi connectivity index (χ1v) is 10.3. The molecule has 0 saturated carbocycles. The molecule has 0 aliphatic carbocycles. The van der Waals surface area contributed by atoms with Gasteiger partial charge in [0.15, 0.2) is 0 Å². The summed E-state index contributed by atoms with van der Waals surface area (Å²) in [5.41, 5.74) is 8.57. The minimum Gasteiger partial charge on any atom is -0.364 e. The van der Waals surface area contributed by atoms with Crippen molar-refractivity contribution in [3.63, 3.8) is 0 Å². The van der Waals surface area contributed by atoms with Crippen LogP contribution in [0.25, 0.3) is 17.3 Å². The number of hydrogen-bond donors (Lipinski definition) is 2. The summed E-state index contributed by atoms with van der Waals surface area (Å²) in [5.74, 6) is -0.288. The number of hydrazone groups is 1. The third-order valence-corrected chi connectivity index (χ3v) is 5.48. The van der Waals surface area contributed by atoms with Crippen molar-refractivity contribution in [2.24, 2.45) is 5.10 Å². The molecular formula is C22H25N7O2. The van der Waals surface area contributed by atoms with Crippen molar-refractivity contribution >= 4 is 17.7 Å². The number of aromatic amines is 1. The maximum Gasteiger partial charge on any atom is 0.273 e. The van der Waals surface area contributed by atoms with Gasteiger partial charge < -0.3 is 14.4 Å². The minimum absolute atomic E-state index is 0.288. The molecular weight excluding hydrogens is 394 g/mol. The molecule has 0 aromatic carbocycles. The van der Waals surface area contributed by atoms with Gasteiger partial charge in [-0.15, -0.1) is 0 Å². The average Bonchev–Trinajstić information content (AvgIpc) is 3.50. The highest BCUT2D eigenvalue weighted by Crippen LogP contribution is 2.32. The standard InChI is InChI=1S/C22H25N7O2/c1-4-29(5-2)10-6-15-14(3)25-18(20(15)17-7-11-31-28-17)12-16-21(26-27-22(16)30)19-13-23-8-9-24-19/h7-9,11-13,25H,4-6,10H2,1-3H3,(H,27,30). The molecule has 4 heterocycles. The van der Waals surface area contributed by atoms with Crippen molar-refractivity contribution in [3.8, 4) is 11.3 Å². The highest BCUT2D eigenvalue weighted by atomic mass is 16.5. The lowest BCUT2D eigenvalue weighted by Crippen LogP contribution is -2.25. The molecule has 0 radical (unpaired) electrons. The van der Waals surface area contributed by atoms with Gasteiger partial charge in [0.05, 0.1) is 11.8 Å². The van der Waals surface area contributed by atoms with Crippen LogP contribution >= 0.6 is 0 Å². The smallest absolute Gasteiger partial charge is 0.273 e. The quantitative estimate of drug-likeness (QED) is 0.543. The van der Waals surface area contributed by atoms with E-state index in [4.69, 9.17) is 4.52 Å². The Balaban J connectivity index is 1.77. The van der Waals surface area contributed by atoms with Crippen LogP contribution in [0.15, 0.2) is 46.1 Å². The van der Waals surface area contributed by atoms with E-state index in [1.165, 1.54) is 0 Å². The van der Waals surface area contributed by atoms with Crippen molar-refractivity contribution in [2.75, 3.05) is 19.6 Å². The summed E-state index contributed by atoms with van der Waals surface area (Å²) in [5, 5.41) is 8.33. The van der Waals surface area contributed by atoms with Crippen LogP contribution < -0.4 is 5.43 Å². The number of aryl methyl sites for hydroxylation is 1. The average molecular weight is 419 g/mol. The van der Waals surface area contributed by atoms with Gasteiger partial charge in [0.2, 0.25) is 0 Å². The Bertz CT molecular complexity index is 1110. The van der Waals surface area contributed by atoms with Crippen LogP contribution in [0.1, 0.15) is 36.5 Å². The summed E-state index contributed by atoms with van der Waals surface area (Å²) in [7, 11) is 0. The molecule has 9 nitrogen and oxygen atoms in total. The highest BCUT2D eigenvalue weighted by Gasteiger charge is 2.27. The fourth-order valence-corrected chi connectivity index (χ4v) is 3.78. The maximum absolute atomic E-state index is 12.5. The first-order valence-electron chi connectivity index (χ1n) is 10.3. The molecule has 160 valence electrons. The second-order valence-corrected chi connectivity index (χ2v) is 7.23. The Morgan fingerprint density at radius 3 is 2.71 bits per heavy atom. The highest BCUT2D eigenvalue weighted by molar-refractivity contribution is 6.32. The molecule has 9 heteroatoms. The molecule has 1 amide bonds. The summed E-state index contributed by atoms with van der Waals surface area (Å²) >= 11 is 0. The Hall–Kier alpha value is -3.59. The largest absolute Gasteiger partial charge is 0.364 e. The van der Waals surface area contributed by atoms with Gasteiger partial charge in [-0.1, -0.05) is 19.0 Å². The van der Waals surface area contributed by atoms with E-state index in [1.807, 2.05) is 13.0 Å². The van der Waals surface area contributed by atoms with E-state index >= 15 is 0 Å². The number of nitrogens with one attached hydrogen (secondary N) is 2. The van der Waals surface area contributed by atoms with E-state index in [0.717, 1.165) is 54.3 Å². The van der Waals surface area contributed by atoms with Crippen molar-refractivity contribution in [3.05, 3.63) is 59.1 Å². The number of carbonyl (C=O) groups excluding carboxylic acids is 1. The van der Waals surface area contributed by atoms with Crippen LogP contribution in [0.4, 0.5) is 0 Å². The van der Waals surface area contributed by atoms with Crippen LogP contribution in [0.5, 0.6) is 0 Å². The summed E-state index contributed by atoms with van der Waals surface area (Å²) in [6.45, 7) is 9.28. The molecule has 0 spiro atoms. The van der Waals surface area contributed by atoms with Crippen molar-refractivity contribution in [1.29, 1.82) is 0 Å². The van der Waals surface area contributed by atoms with Gasteiger partial charge >= 0.3 is 0 Å². The van der Waals surface area contributed by atoms with Crippen molar-refractivity contribution in [1.82, 2.24) is 30.4 Å². The molecule has 0 fully saturated rings. The fourth-order valence-electron chi connectivity index (χ4n) is 3.78. The van der Waals surface area contributed by atoms with Crippen LogP contribution in [0.2, 0.25) is 0 Å². The monoisotopic (exact) mass is 419 g/mol. The Morgan fingerprint density at radius 1 is 1.19 bits per heavy atom. The van der Waals surface area contributed by atoms with Crippen LogP contribution in [-0.2, 0) is 11.2 Å². The van der Waals surface area contributed by atoms with Gasteiger partial charge in [-0.2, -0.15) is 5.10 Å². The van der Waals surface area contributed by atoms with Gasteiger partial charge in [-0.05, 0) is 38.1 Å². The third-order valence-electron chi connectivity index (χ3n) is 5.48. The third kappa shape index (κ3) is 4.17. The van der Waals surface area contributed by atoms with E-state index in [0.29, 0.717) is 17.0 Å². The molecule has 31 heavy (non-hydrogen) atoms. The normalized spacial score (nSPS) is 15.0. The van der Waals surface area contributed by atoms with Crippen LogP contribution in [0, 0.1) is 6.92 Å². The molecule has 1 aliphatic rings. The Morgan fingerprint density at radius 2 is 2.03 bits per heavy atom. The lowest BCUT2D eigenvalue weighted by Gasteiger charge is -2.18. The molecule has 0 saturated heterocycles. The number of aromatic nitrogens is 4. The van der Waals surface area contributed by atoms with E-state index in [2.05, 4.69) is 49.4 Å². The fraction of sp³-hybridized carbons (Fsp3) is 0.318. The second-order valence-electron chi connectivity index (χ2n) is 7.23. The second kappa shape index (κ2) is 9.05. The molecule has 3 aromatic rings. The van der Waals surface area contributed by atoms with Crippen LogP contribution in [0.3, 0.4) is 0 Å². The molecule has 1 aliphatic heterocycles. The van der Waals surface area contributed by atoms with E-state index in [1.54, 1.807) is 30.9 Å². The SMILES string of the molecule is CCN(CC)CCc1c(C)[nH]c(C=C2C(=O)NN=C2c2cnccn2)c1-c1ccon1. The predicted molar refractivity (Wildman–Crippen MR) is 117 cm³/mol. The molecule has 0 atom stereocenters. The van der Waals surface area contributed by atoms with E-state index in [9.17, 15) is 4.79 Å². The number of H-pyrrole nitrogens is 1. The zero-order valence-electron chi connectivity index (χ0n) is 17.8. The zero-order chi connectivity index (χ0) is 21.8. The summed E-state index contributed by atoms with van der Waals surface area (Å²) in [6, 6.07) is 1.83. The van der Waals surface area contributed by atoms with E-state index in [-0.39, 0.29) is 5.91 Å². The lowest BCUT2D eigenvalue weighted by molar-refractivity contribution is -0.116. The number of carbonyl (C=O) groups is 1. The number of rotatable bonds is 8. The molecule has 0 bridgehead atoms. The number of hydrogen-bond acceptors (Lipinski definition) is 7. The first kappa shape index (κ1) is 20.7. The topological polar surface area (TPSA) is 112 Å². The Labute approximate surface area is 180 Å². The zero-order valence-corrected chi connectivity index (χ0v) is 17.8. The molecule has 0 unspecified atom stereocenters. The number of likely N-dealkylation sites (N-methyl/N-ethyl adjacent to an activating group) is 1. The Kier molecular flexibility index (Phi) is 6.03. The minimum atomic E-state index is -0.288.